The summed E-state index contributed by atoms with van der Waals surface area (Å²) in [6, 6.07) is 6.32. The Morgan fingerprint density at radius 2 is 2.11 bits per heavy atom. The Labute approximate surface area is 120 Å². The van der Waals surface area contributed by atoms with Gasteiger partial charge in [0.05, 0.1) is 18.1 Å². The van der Waals surface area contributed by atoms with Crippen LogP contribution in [0.5, 0.6) is 5.75 Å². The number of benzene rings is 1. The second-order valence-electron chi connectivity index (χ2n) is 3.72. The Hall–Kier alpha value is -1.63. The van der Waals surface area contributed by atoms with Crippen molar-refractivity contribution in [3.8, 4) is 5.75 Å². The third-order valence-corrected chi connectivity index (χ3v) is 3.36. The zero-order valence-electron chi connectivity index (χ0n) is 10.1. The quantitative estimate of drug-likeness (QED) is 0.695. The summed E-state index contributed by atoms with van der Waals surface area (Å²) in [6.45, 7) is 0. The number of ether oxygens (including phenoxy) is 1. The van der Waals surface area contributed by atoms with Gasteiger partial charge in [-0.3, -0.25) is 10.1 Å². The molecule has 2 aromatic rings. The standard InChI is InChI=1S/C12H12N2O3S.ClH/c1-17-11-3-2-8(6-10(11)14(15)16)12(13)9-4-5-18-7-9;/h2-7,12H,13H2,1H3;1H/t12-;/m0./s1. The maximum Gasteiger partial charge on any atom is 0.311 e. The molecule has 0 fully saturated rings. The number of thiophene rings is 1. The van der Waals surface area contributed by atoms with E-state index in [-0.39, 0.29) is 29.9 Å². The monoisotopic (exact) mass is 300 g/mol. The van der Waals surface area contributed by atoms with Gasteiger partial charge in [-0.15, -0.1) is 12.4 Å². The fourth-order valence-corrected chi connectivity index (χ4v) is 2.38. The number of hydrogen-bond donors (Lipinski definition) is 1. The number of rotatable bonds is 4. The third-order valence-electron chi connectivity index (χ3n) is 2.66. The molecule has 0 amide bonds. The molecular weight excluding hydrogens is 288 g/mol. The van der Waals surface area contributed by atoms with E-state index in [0.717, 1.165) is 5.56 Å². The molecule has 5 nitrogen and oxygen atoms in total. The summed E-state index contributed by atoms with van der Waals surface area (Å²) >= 11 is 1.54. The van der Waals surface area contributed by atoms with Crippen LogP contribution in [-0.2, 0) is 0 Å². The minimum absolute atomic E-state index is 0. The van der Waals surface area contributed by atoms with Gasteiger partial charge in [0.25, 0.3) is 0 Å². The Kier molecular flexibility index (Phi) is 5.29. The van der Waals surface area contributed by atoms with Crippen LogP contribution < -0.4 is 10.5 Å². The largest absolute Gasteiger partial charge is 0.490 e. The summed E-state index contributed by atoms with van der Waals surface area (Å²) in [6.07, 6.45) is 0. The van der Waals surface area contributed by atoms with Crippen LogP contribution in [0.4, 0.5) is 5.69 Å². The van der Waals surface area contributed by atoms with E-state index in [4.69, 9.17) is 10.5 Å². The number of hydrogen-bond acceptors (Lipinski definition) is 5. The van der Waals surface area contributed by atoms with E-state index < -0.39 is 4.92 Å². The van der Waals surface area contributed by atoms with E-state index in [1.807, 2.05) is 16.8 Å². The molecule has 1 aromatic heterocycles. The van der Waals surface area contributed by atoms with Crippen molar-refractivity contribution >= 4 is 29.4 Å². The highest BCUT2D eigenvalue weighted by Gasteiger charge is 2.18. The van der Waals surface area contributed by atoms with E-state index >= 15 is 0 Å². The highest BCUT2D eigenvalue weighted by atomic mass is 35.5. The third kappa shape index (κ3) is 3.23. The smallest absolute Gasteiger partial charge is 0.311 e. The minimum atomic E-state index is -0.470. The second-order valence-corrected chi connectivity index (χ2v) is 4.50. The van der Waals surface area contributed by atoms with E-state index in [1.165, 1.54) is 13.2 Å². The molecule has 2 rings (SSSR count). The van der Waals surface area contributed by atoms with E-state index in [2.05, 4.69) is 0 Å². The van der Waals surface area contributed by atoms with Crippen molar-refractivity contribution in [2.24, 2.45) is 5.73 Å². The van der Waals surface area contributed by atoms with Crippen molar-refractivity contribution in [3.05, 3.63) is 56.3 Å². The van der Waals surface area contributed by atoms with Crippen molar-refractivity contribution in [2.45, 2.75) is 6.04 Å². The van der Waals surface area contributed by atoms with Crippen molar-refractivity contribution in [2.75, 3.05) is 7.11 Å². The fraction of sp³-hybridized carbons (Fsp3) is 0.167. The fourth-order valence-electron chi connectivity index (χ4n) is 1.69. The zero-order chi connectivity index (χ0) is 13.1. The van der Waals surface area contributed by atoms with Gasteiger partial charge >= 0.3 is 5.69 Å². The molecule has 0 saturated heterocycles. The molecule has 0 aliphatic rings. The summed E-state index contributed by atoms with van der Waals surface area (Å²) in [5.74, 6) is 0.237. The molecule has 0 bridgehead atoms. The Bertz CT molecular complexity index is 560. The predicted molar refractivity (Wildman–Crippen MR) is 77.2 cm³/mol. The van der Waals surface area contributed by atoms with Crippen LogP contribution in [0.15, 0.2) is 35.0 Å². The van der Waals surface area contributed by atoms with Gasteiger partial charge < -0.3 is 10.5 Å². The summed E-state index contributed by atoms with van der Waals surface area (Å²) in [5.41, 5.74) is 7.63. The molecule has 0 saturated carbocycles. The number of nitro benzene ring substituents is 1. The van der Waals surface area contributed by atoms with Gasteiger partial charge in [-0.2, -0.15) is 11.3 Å². The minimum Gasteiger partial charge on any atom is -0.490 e. The normalized spacial score (nSPS) is 11.5. The highest BCUT2D eigenvalue weighted by molar-refractivity contribution is 7.08. The lowest BCUT2D eigenvalue weighted by molar-refractivity contribution is -0.385. The van der Waals surface area contributed by atoms with Gasteiger partial charge in [0.15, 0.2) is 5.75 Å². The number of nitrogens with zero attached hydrogens (tertiary/aromatic N) is 1. The lowest BCUT2D eigenvalue weighted by Crippen LogP contribution is -2.11. The average molecular weight is 301 g/mol. The molecule has 19 heavy (non-hydrogen) atoms. The van der Waals surface area contributed by atoms with Gasteiger partial charge in [0.2, 0.25) is 0 Å². The van der Waals surface area contributed by atoms with Crippen molar-refractivity contribution in [1.29, 1.82) is 0 Å². The number of nitrogens with two attached hydrogens (primary N) is 1. The SMILES string of the molecule is COc1ccc([C@H](N)c2ccsc2)cc1[N+](=O)[O-].Cl. The molecule has 102 valence electrons. The molecule has 0 radical (unpaired) electrons. The predicted octanol–water partition coefficient (Wildman–Crippen LogP) is 3.13. The lowest BCUT2D eigenvalue weighted by Gasteiger charge is -2.11. The van der Waals surface area contributed by atoms with E-state index in [0.29, 0.717) is 5.56 Å². The van der Waals surface area contributed by atoms with E-state index in [9.17, 15) is 10.1 Å². The first kappa shape index (κ1) is 15.4. The first-order chi connectivity index (χ1) is 8.63. The van der Waals surface area contributed by atoms with Crippen molar-refractivity contribution < 1.29 is 9.66 Å². The highest BCUT2D eigenvalue weighted by Crippen LogP contribution is 2.31. The number of methoxy groups -OCH3 is 1. The zero-order valence-corrected chi connectivity index (χ0v) is 11.7. The molecule has 7 heteroatoms. The summed E-state index contributed by atoms with van der Waals surface area (Å²) in [5, 5.41) is 14.8. The molecule has 0 aliphatic carbocycles. The molecule has 1 aromatic carbocycles. The Balaban J connectivity index is 0.00000180. The van der Waals surface area contributed by atoms with Crippen LogP contribution in [0.2, 0.25) is 0 Å². The van der Waals surface area contributed by atoms with Gasteiger partial charge in [-0.25, -0.2) is 0 Å². The maximum absolute atomic E-state index is 10.9. The van der Waals surface area contributed by atoms with Crippen LogP contribution in [0, 0.1) is 10.1 Å². The van der Waals surface area contributed by atoms with Crippen molar-refractivity contribution in [1.82, 2.24) is 0 Å². The summed E-state index contributed by atoms with van der Waals surface area (Å²) in [7, 11) is 1.40. The van der Waals surface area contributed by atoms with Crippen LogP contribution in [-0.4, -0.2) is 12.0 Å². The molecule has 1 heterocycles. The molecule has 0 aliphatic heterocycles. The van der Waals surface area contributed by atoms with E-state index in [1.54, 1.807) is 23.5 Å². The molecule has 0 spiro atoms. The maximum atomic E-state index is 10.9. The van der Waals surface area contributed by atoms with Gasteiger partial charge in [0.1, 0.15) is 0 Å². The van der Waals surface area contributed by atoms with Crippen LogP contribution in [0.25, 0.3) is 0 Å². The lowest BCUT2D eigenvalue weighted by atomic mass is 10.0. The van der Waals surface area contributed by atoms with Gasteiger partial charge in [-0.1, -0.05) is 6.07 Å². The molecule has 2 N–H and O–H groups in total. The van der Waals surface area contributed by atoms with Crippen LogP contribution >= 0.6 is 23.7 Å². The number of halogens is 1. The summed E-state index contributed by atoms with van der Waals surface area (Å²) in [4.78, 5) is 10.5. The topological polar surface area (TPSA) is 78.4 Å². The van der Waals surface area contributed by atoms with Gasteiger partial charge in [-0.05, 0) is 34.0 Å². The summed E-state index contributed by atoms with van der Waals surface area (Å²) < 4.78 is 4.95. The Morgan fingerprint density at radius 1 is 1.37 bits per heavy atom. The first-order valence-electron chi connectivity index (χ1n) is 5.23. The molecule has 0 unspecified atom stereocenters. The van der Waals surface area contributed by atoms with Crippen LogP contribution in [0.1, 0.15) is 17.2 Å². The first-order valence-corrected chi connectivity index (χ1v) is 6.17. The second kappa shape index (κ2) is 6.51. The van der Waals surface area contributed by atoms with Crippen molar-refractivity contribution in [3.63, 3.8) is 0 Å². The average Bonchev–Trinajstić information content (AvgIpc) is 2.90. The molecular formula is C12H13ClN2O3S. The molecule has 1 atom stereocenters. The van der Waals surface area contributed by atoms with Crippen LogP contribution in [0.3, 0.4) is 0 Å². The number of nitro groups is 1. The Morgan fingerprint density at radius 3 is 2.63 bits per heavy atom. The van der Waals surface area contributed by atoms with Gasteiger partial charge in [0, 0.05) is 6.07 Å².